The van der Waals surface area contributed by atoms with Crippen LogP contribution in [0.15, 0.2) is 18.2 Å². The van der Waals surface area contributed by atoms with E-state index in [0.29, 0.717) is 36.7 Å². The Labute approximate surface area is 115 Å². The van der Waals surface area contributed by atoms with E-state index in [2.05, 4.69) is 13.8 Å². The Balaban J connectivity index is 2.94. The Kier molecular flexibility index (Phi) is 5.83. The number of carbonyl (C=O) groups excluding carboxylic acids is 1. The number of methoxy groups -OCH3 is 1. The maximum Gasteiger partial charge on any atom is 0.254 e. The lowest BCUT2D eigenvalue weighted by molar-refractivity contribution is 0.0671. The van der Waals surface area contributed by atoms with Gasteiger partial charge in [-0.25, -0.2) is 0 Å². The molecule has 0 aromatic heterocycles. The molecule has 1 aromatic carbocycles. The van der Waals surface area contributed by atoms with Gasteiger partial charge < -0.3 is 14.7 Å². The summed E-state index contributed by atoms with van der Waals surface area (Å²) in [5.74, 6) is 0.486. The number of benzene rings is 1. The third-order valence-corrected chi connectivity index (χ3v) is 2.97. The predicted octanol–water partition coefficient (Wildman–Crippen LogP) is 2.45. The van der Waals surface area contributed by atoms with E-state index in [-0.39, 0.29) is 11.7 Å². The SMILES string of the molecule is COCCN(CC(C)C)C(=O)c1cccc(O)c1C. The molecule has 0 radical (unpaired) electrons. The Morgan fingerprint density at radius 3 is 2.68 bits per heavy atom. The van der Waals surface area contributed by atoms with Crippen LogP contribution in [0.4, 0.5) is 0 Å². The van der Waals surface area contributed by atoms with E-state index in [1.165, 1.54) is 0 Å². The smallest absolute Gasteiger partial charge is 0.254 e. The minimum absolute atomic E-state index is 0.0563. The highest BCUT2D eigenvalue weighted by Crippen LogP contribution is 2.21. The third-order valence-electron chi connectivity index (χ3n) is 2.97. The maximum atomic E-state index is 12.5. The van der Waals surface area contributed by atoms with Gasteiger partial charge in [-0.15, -0.1) is 0 Å². The predicted molar refractivity (Wildman–Crippen MR) is 75.5 cm³/mol. The fraction of sp³-hybridized carbons (Fsp3) is 0.533. The van der Waals surface area contributed by atoms with Gasteiger partial charge in [-0.05, 0) is 25.0 Å². The van der Waals surface area contributed by atoms with E-state index in [0.717, 1.165) is 0 Å². The van der Waals surface area contributed by atoms with E-state index in [1.54, 1.807) is 37.1 Å². The second-order valence-corrected chi connectivity index (χ2v) is 5.09. The molecular formula is C15H23NO3. The summed E-state index contributed by atoms with van der Waals surface area (Å²) in [4.78, 5) is 14.3. The molecule has 0 fully saturated rings. The van der Waals surface area contributed by atoms with Gasteiger partial charge in [0.15, 0.2) is 0 Å². The molecule has 106 valence electrons. The molecule has 1 N–H and O–H groups in total. The summed E-state index contributed by atoms with van der Waals surface area (Å²) in [7, 11) is 1.62. The van der Waals surface area contributed by atoms with Crippen LogP contribution in [0.2, 0.25) is 0 Å². The fourth-order valence-electron chi connectivity index (χ4n) is 1.94. The first-order valence-electron chi connectivity index (χ1n) is 6.54. The van der Waals surface area contributed by atoms with Crippen LogP contribution in [0.3, 0.4) is 0 Å². The second kappa shape index (κ2) is 7.14. The number of hydrogen-bond acceptors (Lipinski definition) is 3. The Hall–Kier alpha value is -1.55. The van der Waals surface area contributed by atoms with Crippen molar-refractivity contribution in [3.05, 3.63) is 29.3 Å². The van der Waals surface area contributed by atoms with Gasteiger partial charge in [0.2, 0.25) is 0 Å². The molecule has 19 heavy (non-hydrogen) atoms. The van der Waals surface area contributed by atoms with E-state index in [1.807, 2.05) is 0 Å². The van der Waals surface area contributed by atoms with E-state index in [4.69, 9.17) is 4.74 Å². The van der Waals surface area contributed by atoms with Crippen molar-refractivity contribution < 1.29 is 14.6 Å². The monoisotopic (exact) mass is 265 g/mol. The first kappa shape index (κ1) is 15.5. The quantitative estimate of drug-likeness (QED) is 0.859. The number of amides is 1. The van der Waals surface area contributed by atoms with Crippen LogP contribution in [-0.2, 0) is 4.74 Å². The Morgan fingerprint density at radius 1 is 1.42 bits per heavy atom. The molecule has 1 aromatic rings. The molecule has 0 saturated carbocycles. The highest BCUT2D eigenvalue weighted by molar-refractivity contribution is 5.96. The minimum atomic E-state index is -0.0563. The number of phenols is 1. The van der Waals surface area contributed by atoms with Crippen molar-refractivity contribution in [3.8, 4) is 5.75 Å². The fourth-order valence-corrected chi connectivity index (χ4v) is 1.94. The molecule has 0 saturated heterocycles. The normalized spacial score (nSPS) is 10.8. The molecule has 0 heterocycles. The van der Waals surface area contributed by atoms with Crippen molar-refractivity contribution in [1.29, 1.82) is 0 Å². The lowest BCUT2D eigenvalue weighted by Crippen LogP contribution is -2.37. The van der Waals surface area contributed by atoms with E-state index >= 15 is 0 Å². The summed E-state index contributed by atoms with van der Waals surface area (Å²) in [6.45, 7) is 7.65. The van der Waals surface area contributed by atoms with Crippen molar-refractivity contribution in [2.45, 2.75) is 20.8 Å². The van der Waals surface area contributed by atoms with Crippen LogP contribution in [-0.4, -0.2) is 42.7 Å². The van der Waals surface area contributed by atoms with Crippen LogP contribution in [0.25, 0.3) is 0 Å². The van der Waals surface area contributed by atoms with Gasteiger partial charge in [-0.2, -0.15) is 0 Å². The molecule has 0 aliphatic carbocycles. The maximum absolute atomic E-state index is 12.5. The number of phenolic OH excluding ortho intramolecular Hbond substituents is 1. The summed E-state index contributed by atoms with van der Waals surface area (Å²) in [6.07, 6.45) is 0. The average molecular weight is 265 g/mol. The van der Waals surface area contributed by atoms with Crippen LogP contribution in [0, 0.1) is 12.8 Å². The average Bonchev–Trinajstić information content (AvgIpc) is 2.36. The number of nitrogens with zero attached hydrogens (tertiary/aromatic N) is 1. The zero-order valence-corrected chi connectivity index (χ0v) is 12.1. The number of hydrogen-bond donors (Lipinski definition) is 1. The van der Waals surface area contributed by atoms with Crippen LogP contribution in [0.1, 0.15) is 29.8 Å². The van der Waals surface area contributed by atoms with Crippen LogP contribution in [0.5, 0.6) is 5.75 Å². The summed E-state index contributed by atoms with van der Waals surface area (Å²) < 4.78 is 5.05. The molecule has 0 aliphatic rings. The second-order valence-electron chi connectivity index (χ2n) is 5.09. The van der Waals surface area contributed by atoms with Gasteiger partial charge in [-0.3, -0.25) is 4.79 Å². The molecule has 4 nitrogen and oxygen atoms in total. The standard InChI is InChI=1S/C15H23NO3/c1-11(2)10-16(8-9-19-4)15(18)13-6-5-7-14(17)12(13)3/h5-7,11,17H,8-10H2,1-4H3. The molecule has 0 spiro atoms. The van der Waals surface area contributed by atoms with Crippen molar-refractivity contribution in [2.75, 3.05) is 26.8 Å². The molecular weight excluding hydrogens is 242 g/mol. The molecule has 0 aliphatic heterocycles. The van der Waals surface area contributed by atoms with Crippen molar-refractivity contribution in [3.63, 3.8) is 0 Å². The molecule has 0 bridgehead atoms. The highest BCUT2D eigenvalue weighted by Gasteiger charge is 2.19. The number of rotatable bonds is 6. The lowest BCUT2D eigenvalue weighted by Gasteiger charge is -2.25. The van der Waals surface area contributed by atoms with E-state index < -0.39 is 0 Å². The first-order chi connectivity index (χ1) is 8.97. The van der Waals surface area contributed by atoms with Crippen LogP contribution < -0.4 is 0 Å². The summed E-state index contributed by atoms with van der Waals surface area (Å²) in [6, 6.07) is 5.03. The van der Waals surface area contributed by atoms with Gasteiger partial charge in [0.25, 0.3) is 5.91 Å². The Morgan fingerprint density at radius 2 is 2.11 bits per heavy atom. The zero-order chi connectivity index (χ0) is 14.4. The highest BCUT2D eigenvalue weighted by atomic mass is 16.5. The van der Waals surface area contributed by atoms with Gasteiger partial charge in [0, 0.05) is 31.3 Å². The van der Waals surface area contributed by atoms with Crippen molar-refractivity contribution in [1.82, 2.24) is 4.90 Å². The van der Waals surface area contributed by atoms with Crippen LogP contribution >= 0.6 is 0 Å². The molecule has 0 unspecified atom stereocenters. The topological polar surface area (TPSA) is 49.8 Å². The third kappa shape index (κ3) is 4.24. The van der Waals surface area contributed by atoms with Gasteiger partial charge >= 0.3 is 0 Å². The lowest BCUT2D eigenvalue weighted by atomic mass is 10.1. The van der Waals surface area contributed by atoms with Crippen molar-refractivity contribution >= 4 is 5.91 Å². The van der Waals surface area contributed by atoms with Gasteiger partial charge in [0.05, 0.1) is 6.61 Å². The van der Waals surface area contributed by atoms with Gasteiger partial charge in [-0.1, -0.05) is 19.9 Å². The molecule has 1 amide bonds. The summed E-state index contributed by atoms with van der Waals surface area (Å²) in [5.41, 5.74) is 1.18. The number of carbonyl (C=O) groups is 1. The number of aromatic hydroxyl groups is 1. The molecule has 1 rings (SSSR count). The largest absolute Gasteiger partial charge is 0.508 e. The molecule has 4 heteroatoms. The van der Waals surface area contributed by atoms with E-state index in [9.17, 15) is 9.90 Å². The zero-order valence-electron chi connectivity index (χ0n) is 12.1. The Bertz CT molecular complexity index is 429. The van der Waals surface area contributed by atoms with Gasteiger partial charge in [0.1, 0.15) is 5.75 Å². The summed E-state index contributed by atoms with van der Waals surface area (Å²) >= 11 is 0. The summed E-state index contributed by atoms with van der Waals surface area (Å²) in [5, 5.41) is 9.69. The first-order valence-corrected chi connectivity index (χ1v) is 6.54. The van der Waals surface area contributed by atoms with Crippen molar-refractivity contribution in [2.24, 2.45) is 5.92 Å². The molecule has 0 atom stereocenters. The minimum Gasteiger partial charge on any atom is -0.508 e. The number of ether oxygens (including phenoxy) is 1.